The van der Waals surface area contributed by atoms with Crippen molar-refractivity contribution < 1.29 is 13.9 Å². The van der Waals surface area contributed by atoms with Crippen molar-refractivity contribution in [1.29, 1.82) is 0 Å². The van der Waals surface area contributed by atoms with E-state index in [1.165, 1.54) is 6.07 Å². The van der Waals surface area contributed by atoms with Gasteiger partial charge >= 0.3 is 0 Å². The molecule has 0 bridgehead atoms. The van der Waals surface area contributed by atoms with Crippen LogP contribution in [0.15, 0.2) is 39.7 Å². The van der Waals surface area contributed by atoms with Gasteiger partial charge in [0.05, 0.1) is 26.0 Å². The van der Waals surface area contributed by atoms with Crippen LogP contribution in [0, 0.1) is 6.92 Å². The Labute approximate surface area is 146 Å². The molecule has 1 fully saturated rings. The number of amides is 1. The topological polar surface area (TPSA) is 78.8 Å². The number of pyridine rings is 1. The molecular formula is C18H23N3O4. The van der Waals surface area contributed by atoms with Gasteiger partial charge in [-0.2, -0.15) is 0 Å². The van der Waals surface area contributed by atoms with Gasteiger partial charge in [0.2, 0.25) is 5.56 Å². The van der Waals surface area contributed by atoms with Crippen molar-refractivity contribution in [3.05, 3.63) is 57.9 Å². The second-order valence-corrected chi connectivity index (χ2v) is 6.18. The van der Waals surface area contributed by atoms with Gasteiger partial charge in [-0.3, -0.25) is 14.5 Å². The number of rotatable bonds is 6. The number of carbonyl (C=O) groups excluding carboxylic acids is 1. The lowest BCUT2D eigenvalue weighted by Gasteiger charge is -2.30. The summed E-state index contributed by atoms with van der Waals surface area (Å²) in [4.78, 5) is 31.3. The summed E-state index contributed by atoms with van der Waals surface area (Å²) in [5.74, 6) is 0.552. The molecule has 0 spiro atoms. The van der Waals surface area contributed by atoms with E-state index in [1.807, 2.05) is 6.07 Å². The Balaban J connectivity index is 1.74. The van der Waals surface area contributed by atoms with Crippen molar-refractivity contribution >= 4 is 5.91 Å². The van der Waals surface area contributed by atoms with E-state index in [-0.39, 0.29) is 11.5 Å². The number of ether oxygens (including phenoxy) is 1. The first-order valence-corrected chi connectivity index (χ1v) is 8.44. The Morgan fingerprint density at radius 3 is 2.80 bits per heavy atom. The summed E-state index contributed by atoms with van der Waals surface area (Å²) in [6.45, 7) is 6.65. The minimum atomic E-state index is -0.269. The Morgan fingerprint density at radius 1 is 1.32 bits per heavy atom. The zero-order chi connectivity index (χ0) is 17.6. The van der Waals surface area contributed by atoms with Crippen LogP contribution in [0.5, 0.6) is 0 Å². The highest BCUT2D eigenvalue weighted by Gasteiger charge is 2.20. The first-order valence-electron chi connectivity index (χ1n) is 8.44. The first kappa shape index (κ1) is 17.4. The van der Waals surface area contributed by atoms with Crippen LogP contribution < -0.4 is 5.56 Å². The molecule has 1 amide bonds. The highest BCUT2D eigenvalue weighted by Crippen LogP contribution is 2.11. The van der Waals surface area contributed by atoms with E-state index < -0.39 is 0 Å². The van der Waals surface area contributed by atoms with Crippen molar-refractivity contribution in [2.24, 2.45) is 0 Å². The van der Waals surface area contributed by atoms with Gasteiger partial charge < -0.3 is 19.0 Å². The van der Waals surface area contributed by atoms with E-state index in [0.29, 0.717) is 24.3 Å². The average molecular weight is 345 g/mol. The summed E-state index contributed by atoms with van der Waals surface area (Å²) in [7, 11) is 0. The smallest absolute Gasteiger partial charge is 0.254 e. The number of nitrogens with one attached hydrogen (secondary N) is 1. The van der Waals surface area contributed by atoms with Crippen molar-refractivity contribution in [3.63, 3.8) is 0 Å². The summed E-state index contributed by atoms with van der Waals surface area (Å²) >= 11 is 0. The maximum absolute atomic E-state index is 12.9. The lowest BCUT2D eigenvalue weighted by molar-refractivity contribution is 0.0316. The van der Waals surface area contributed by atoms with Gasteiger partial charge in [0.15, 0.2) is 0 Å². The molecule has 0 radical (unpaired) electrons. The van der Waals surface area contributed by atoms with Crippen LogP contribution in [-0.4, -0.2) is 60.1 Å². The largest absolute Gasteiger partial charge is 0.467 e. The highest BCUT2D eigenvalue weighted by molar-refractivity contribution is 5.94. The molecule has 0 aliphatic carbocycles. The van der Waals surface area contributed by atoms with E-state index in [2.05, 4.69) is 9.88 Å². The molecule has 134 valence electrons. The Kier molecular flexibility index (Phi) is 5.67. The zero-order valence-corrected chi connectivity index (χ0v) is 14.4. The summed E-state index contributed by atoms with van der Waals surface area (Å²) in [6, 6.07) is 6.70. The van der Waals surface area contributed by atoms with Crippen LogP contribution in [0.3, 0.4) is 0 Å². The standard InChI is InChI=1S/C18H23N3O4/c1-14-11-15(12-17(22)19-14)18(23)21(13-16-3-2-8-25-16)5-4-20-6-9-24-10-7-20/h2-3,8,11-12H,4-7,9-10,13H2,1H3,(H,19,22). The summed E-state index contributed by atoms with van der Waals surface area (Å²) in [5, 5.41) is 0. The molecule has 0 atom stereocenters. The third-order valence-electron chi connectivity index (χ3n) is 4.23. The van der Waals surface area contributed by atoms with Gasteiger partial charge in [-0.05, 0) is 25.1 Å². The van der Waals surface area contributed by atoms with Gasteiger partial charge in [0, 0.05) is 43.5 Å². The van der Waals surface area contributed by atoms with Crippen molar-refractivity contribution in [3.8, 4) is 0 Å². The number of aromatic nitrogens is 1. The highest BCUT2D eigenvalue weighted by atomic mass is 16.5. The van der Waals surface area contributed by atoms with Gasteiger partial charge in [0.25, 0.3) is 5.91 Å². The third kappa shape index (κ3) is 4.80. The number of aromatic amines is 1. The SMILES string of the molecule is Cc1cc(C(=O)N(CCN2CCOCC2)Cc2ccco2)cc(=O)[nH]1. The fraction of sp³-hybridized carbons (Fsp3) is 0.444. The van der Waals surface area contributed by atoms with Crippen LogP contribution in [0.2, 0.25) is 0 Å². The van der Waals surface area contributed by atoms with Crippen molar-refractivity contribution in [1.82, 2.24) is 14.8 Å². The third-order valence-corrected chi connectivity index (χ3v) is 4.23. The maximum Gasteiger partial charge on any atom is 0.254 e. The van der Waals surface area contributed by atoms with Gasteiger partial charge in [-0.1, -0.05) is 0 Å². The Bertz CT molecular complexity index is 748. The number of nitrogens with zero attached hydrogens (tertiary/aromatic N) is 2. The predicted octanol–water partition coefficient (Wildman–Crippen LogP) is 1.25. The lowest BCUT2D eigenvalue weighted by Crippen LogP contribution is -2.43. The average Bonchev–Trinajstić information content (AvgIpc) is 3.11. The molecule has 3 heterocycles. The Hall–Kier alpha value is -2.38. The fourth-order valence-electron chi connectivity index (χ4n) is 2.92. The molecule has 2 aromatic rings. The number of furan rings is 1. The molecule has 0 aromatic carbocycles. The summed E-state index contributed by atoms with van der Waals surface area (Å²) in [5.41, 5.74) is 0.797. The number of morpholine rings is 1. The van der Waals surface area contributed by atoms with E-state index in [0.717, 1.165) is 38.6 Å². The van der Waals surface area contributed by atoms with Crippen LogP contribution in [0.25, 0.3) is 0 Å². The minimum absolute atomic E-state index is 0.168. The van der Waals surface area contributed by atoms with Crippen LogP contribution >= 0.6 is 0 Å². The molecule has 1 aliphatic rings. The molecule has 0 saturated carbocycles. The lowest BCUT2D eigenvalue weighted by atomic mass is 10.2. The number of hydrogen-bond acceptors (Lipinski definition) is 5. The quantitative estimate of drug-likeness (QED) is 0.852. The number of aryl methyl sites for hydroxylation is 1. The zero-order valence-electron chi connectivity index (χ0n) is 14.4. The monoisotopic (exact) mass is 345 g/mol. The van der Waals surface area contributed by atoms with Crippen LogP contribution in [0.1, 0.15) is 21.8 Å². The number of carbonyl (C=O) groups is 1. The molecule has 1 N–H and O–H groups in total. The van der Waals surface area contributed by atoms with Crippen molar-refractivity contribution in [2.75, 3.05) is 39.4 Å². The van der Waals surface area contributed by atoms with Gasteiger partial charge in [0.1, 0.15) is 5.76 Å². The second kappa shape index (κ2) is 8.13. The maximum atomic E-state index is 12.9. The van der Waals surface area contributed by atoms with Crippen molar-refractivity contribution in [2.45, 2.75) is 13.5 Å². The van der Waals surface area contributed by atoms with Gasteiger partial charge in [-0.15, -0.1) is 0 Å². The molecule has 7 heteroatoms. The second-order valence-electron chi connectivity index (χ2n) is 6.18. The van der Waals surface area contributed by atoms with E-state index in [1.54, 1.807) is 30.2 Å². The van der Waals surface area contributed by atoms with E-state index in [9.17, 15) is 9.59 Å². The van der Waals surface area contributed by atoms with Crippen LogP contribution in [0.4, 0.5) is 0 Å². The minimum Gasteiger partial charge on any atom is -0.467 e. The molecule has 25 heavy (non-hydrogen) atoms. The number of H-pyrrole nitrogens is 1. The van der Waals surface area contributed by atoms with Crippen LogP contribution in [-0.2, 0) is 11.3 Å². The number of hydrogen-bond donors (Lipinski definition) is 1. The molecule has 1 aliphatic heterocycles. The molecular weight excluding hydrogens is 322 g/mol. The van der Waals surface area contributed by atoms with E-state index >= 15 is 0 Å². The van der Waals surface area contributed by atoms with Gasteiger partial charge in [-0.25, -0.2) is 0 Å². The normalized spacial score (nSPS) is 15.2. The molecule has 3 rings (SSSR count). The first-order chi connectivity index (χ1) is 12.1. The summed E-state index contributed by atoms with van der Waals surface area (Å²) < 4.78 is 10.8. The molecule has 7 nitrogen and oxygen atoms in total. The molecule has 2 aromatic heterocycles. The summed E-state index contributed by atoms with van der Waals surface area (Å²) in [6.07, 6.45) is 1.59. The van der Waals surface area contributed by atoms with E-state index in [4.69, 9.17) is 9.15 Å². The fourth-order valence-corrected chi connectivity index (χ4v) is 2.92. The Morgan fingerprint density at radius 2 is 2.12 bits per heavy atom. The molecule has 0 unspecified atom stereocenters. The predicted molar refractivity (Wildman–Crippen MR) is 92.5 cm³/mol. The molecule has 1 saturated heterocycles.